The van der Waals surface area contributed by atoms with Gasteiger partial charge in [0, 0.05) is 17.6 Å². The smallest absolute Gasteiger partial charge is 0.262 e. The van der Waals surface area contributed by atoms with Gasteiger partial charge in [-0.2, -0.15) is 0 Å². The van der Waals surface area contributed by atoms with Gasteiger partial charge in [-0.25, -0.2) is 0 Å². The minimum Gasteiger partial charge on any atom is -0.497 e. The summed E-state index contributed by atoms with van der Waals surface area (Å²) in [5.74, 6) is 0.454. The largest absolute Gasteiger partial charge is 0.497 e. The van der Waals surface area contributed by atoms with E-state index in [4.69, 9.17) is 28.6 Å². The molecule has 0 aromatic heterocycles. The molecule has 0 heterocycles. The molecule has 1 amide bonds. The average Bonchev–Trinajstić information content (AvgIpc) is 2.64. The maximum Gasteiger partial charge on any atom is 0.262 e. The van der Waals surface area contributed by atoms with Gasteiger partial charge in [0.1, 0.15) is 5.75 Å². The maximum absolute atomic E-state index is 11.8. The summed E-state index contributed by atoms with van der Waals surface area (Å²) in [4.78, 5) is 11.8. The van der Waals surface area contributed by atoms with Crippen LogP contribution < -0.4 is 20.9 Å². The number of carbonyl (C=O) groups excluding carboxylic acids is 1. The van der Waals surface area contributed by atoms with Crippen molar-refractivity contribution in [2.75, 3.05) is 7.11 Å². The van der Waals surface area contributed by atoms with Crippen molar-refractivity contribution < 1.29 is 9.53 Å². The van der Waals surface area contributed by atoms with Gasteiger partial charge >= 0.3 is 0 Å². The molecule has 0 aliphatic carbocycles. The number of hydrogen-bond acceptors (Lipinski definition) is 3. The first-order chi connectivity index (χ1) is 12.1. The van der Waals surface area contributed by atoms with Crippen molar-refractivity contribution >= 4 is 40.9 Å². The van der Waals surface area contributed by atoms with Gasteiger partial charge in [-0.05, 0) is 47.6 Å². The first kappa shape index (κ1) is 18.8. The molecule has 0 bridgehead atoms. The molecule has 0 radical (unpaired) electrons. The summed E-state index contributed by atoms with van der Waals surface area (Å²) < 4.78 is 5.10. The third-order valence-electron chi connectivity index (χ3n) is 3.23. The van der Waals surface area contributed by atoms with Gasteiger partial charge in [0.25, 0.3) is 5.91 Å². The number of ether oxygens (including phenoxy) is 1. The predicted octanol–water partition coefficient (Wildman–Crippen LogP) is 3.06. The number of hydrogen-bond donors (Lipinski definition) is 3. The van der Waals surface area contributed by atoms with E-state index < -0.39 is 0 Å². The molecule has 5 nitrogen and oxygen atoms in total. The fourth-order valence-corrected chi connectivity index (χ4v) is 2.23. The van der Waals surface area contributed by atoms with Crippen LogP contribution >= 0.6 is 23.8 Å². The van der Waals surface area contributed by atoms with Gasteiger partial charge < -0.3 is 10.1 Å². The quantitative estimate of drug-likeness (QED) is 0.426. The van der Waals surface area contributed by atoms with E-state index in [9.17, 15) is 4.79 Å². The summed E-state index contributed by atoms with van der Waals surface area (Å²) in [5.41, 5.74) is 6.92. The fourth-order valence-electron chi connectivity index (χ4n) is 1.91. The zero-order valence-electron chi connectivity index (χ0n) is 13.6. The van der Waals surface area contributed by atoms with Crippen molar-refractivity contribution in [1.82, 2.24) is 16.2 Å². The highest BCUT2D eigenvalue weighted by Gasteiger charge is 2.00. The normalized spacial score (nSPS) is 10.3. The highest BCUT2D eigenvalue weighted by molar-refractivity contribution is 7.80. The Balaban J connectivity index is 1.73. The third kappa shape index (κ3) is 6.45. The summed E-state index contributed by atoms with van der Waals surface area (Å²) in [7, 11) is 1.62. The van der Waals surface area contributed by atoms with Gasteiger partial charge in [0.15, 0.2) is 5.11 Å². The number of methoxy groups -OCH3 is 1. The van der Waals surface area contributed by atoms with Gasteiger partial charge in [0.05, 0.1) is 7.11 Å². The Morgan fingerprint density at radius 3 is 2.56 bits per heavy atom. The Labute approximate surface area is 157 Å². The Morgan fingerprint density at radius 2 is 1.88 bits per heavy atom. The van der Waals surface area contributed by atoms with E-state index in [-0.39, 0.29) is 5.91 Å². The van der Waals surface area contributed by atoms with Crippen LogP contribution in [-0.2, 0) is 11.3 Å². The summed E-state index contributed by atoms with van der Waals surface area (Å²) in [6, 6.07) is 14.9. The van der Waals surface area contributed by atoms with Crippen LogP contribution in [0.4, 0.5) is 0 Å². The minimum atomic E-state index is -0.339. The van der Waals surface area contributed by atoms with Crippen LogP contribution in [-0.4, -0.2) is 18.1 Å². The number of amides is 1. The Hall–Kier alpha value is -2.57. The van der Waals surface area contributed by atoms with E-state index in [2.05, 4.69) is 16.2 Å². The van der Waals surface area contributed by atoms with Crippen molar-refractivity contribution in [2.45, 2.75) is 6.54 Å². The van der Waals surface area contributed by atoms with Crippen molar-refractivity contribution in [3.05, 3.63) is 70.8 Å². The third-order valence-corrected chi connectivity index (χ3v) is 3.82. The van der Waals surface area contributed by atoms with Crippen LogP contribution in [0.15, 0.2) is 54.6 Å². The standard InChI is InChI=1S/C18H18ClN3O2S/c1-24-15-9-6-13(7-10-15)12-20-18(25)22-21-17(23)11-8-14-4-2-3-5-16(14)19/h2-11H,12H2,1H3,(H,21,23)(H2,20,22,25)/b11-8+. The first-order valence-electron chi connectivity index (χ1n) is 7.48. The Morgan fingerprint density at radius 1 is 1.16 bits per heavy atom. The lowest BCUT2D eigenvalue weighted by molar-refractivity contribution is -0.116. The van der Waals surface area contributed by atoms with Crippen LogP contribution in [0.2, 0.25) is 5.02 Å². The highest BCUT2D eigenvalue weighted by Crippen LogP contribution is 2.16. The van der Waals surface area contributed by atoms with Crippen molar-refractivity contribution in [3.63, 3.8) is 0 Å². The molecule has 0 saturated heterocycles. The fraction of sp³-hybridized carbons (Fsp3) is 0.111. The Bertz CT molecular complexity index is 763. The van der Waals surface area contributed by atoms with Gasteiger partial charge in [0.2, 0.25) is 0 Å². The predicted molar refractivity (Wildman–Crippen MR) is 104 cm³/mol. The van der Waals surface area contributed by atoms with Gasteiger partial charge in [-0.1, -0.05) is 41.9 Å². The molecule has 0 atom stereocenters. The summed E-state index contributed by atoms with van der Waals surface area (Å²) in [5, 5.41) is 3.89. The van der Waals surface area contributed by atoms with Crippen molar-refractivity contribution in [3.8, 4) is 5.75 Å². The number of benzene rings is 2. The molecule has 0 unspecified atom stereocenters. The van der Waals surface area contributed by atoms with E-state index in [1.807, 2.05) is 42.5 Å². The minimum absolute atomic E-state index is 0.315. The van der Waals surface area contributed by atoms with E-state index in [0.29, 0.717) is 16.7 Å². The lowest BCUT2D eigenvalue weighted by atomic mass is 10.2. The number of thiocarbonyl (C=S) groups is 1. The maximum atomic E-state index is 11.8. The lowest BCUT2D eigenvalue weighted by Gasteiger charge is -2.11. The molecular formula is C18H18ClN3O2S. The topological polar surface area (TPSA) is 62.4 Å². The molecule has 2 rings (SSSR count). The molecule has 0 fully saturated rings. The molecule has 2 aromatic carbocycles. The van der Waals surface area contributed by atoms with Gasteiger partial charge in [-0.3, -0.25) is 15.6 Å². The molecule has 0 spiro atoms. The van der Waals surface area contributed by atoms with E-state index in [1.54, 1.807) is 19.3 Å². The molecule has 3 N–H and O–H groups in total. The second-order valence-electron chi connectivity index (χ2n) is 5.00. The lowest BCUT2D eigenvalue weighted by Crippen LogP contribution is -2.45. The number of halogens is 1. The van der Waals surface area contributed by atoms with Crippen LogP contribution in [0.3, 0.4) is 0 Å². The van der Waals surface area contributed by atoms with Crippen molar-refractivity contribution in [2.24, 2.45) is 0 Å². The SMILES string of the molecule is COc1ccc(CNC(=S)NNC(=O)/C=C/c2ccccc2Cl)cc1. The summed E-state index contributed by atoms with van der Waals surface area (Å²) in [6.07, 6.45) is 3.01. The molecule has 130 valence electrons. The monoisotopic (exact) mass is 375 g/mol. The van der Waals surface area contributed by atoms with Crippen LogP contribution in [0.5, 0.6) is 5.75 Å². The first-order valence-corrected chi connectivity index (χ1v) is 8.26. The highest BCUT2D eigenvalue weighted by atomic mass is 35.5. The summed E-state index contributed by atoms with van der Waals surface area (Å²) in [6.45, 7) is 0.529. The number of carbonyl (C=O) groups is 1. The zero-order valence-corrected chi connectivity index (χ0v) is 15.2. The molecule has 0 saturated carbocycles. The number of hydrazine groups is 1. The van der Waals surface area contributed by atoms with Crippen LogP contribution in [0.25, 0.3) is 6.08 Å². The van der Waals surface area contributed by atoms with Crippen LogP contribution in [0, 0.1) is 0 Å². The molecule has 0 aliphatic heterocycles. The zero-order chi connectivity index (χ0) is 18.1. The van der Waals surface area contributed by atoms with E-state index >= 15 is 0 Å². The average molecular weight is 376 g/mol. The van der Waals surface area contributed by atoms with E-state index in [0.717, 1.165) is 16.9 Å². The van der Waals surface area contributed by atoms with Crippen LogP contribution in [0.1, 0.15) is 11.1 Å². The second-order valence-corrected chi connectivity index (χ2v) is 5.82. The van der Waals surface area contributed by atoms with Gasteiger partial charge in [-0.15, -0.1) is 0 Å². The molecular weight excluding hydrogens is 358 g/mol. The number of rotatable bonds is 5. The molecule has 25 heavy (non-hydrogen) atoms. The Kier molecular flexibility index (Phi) is 7.25. The van der Waals surface area contributed by atoms with Crippen molar-refractivity contribution in [1.29, 1.82) is 0 Å². The second kappa shape index (κ2) is 9.66. The number of nitrogens with one attached hydrogen (secondary N) is 3. The molecule has 2 aromatic rings. The summed E-state index contributed by atoms with van der Waals surface area (Å²) >= 11 is 11.1. The molecule has 0 aliphatic rings. The van der Waals surface area contributed by atoms with E-state index in [1.165, 1.54) is 6.08 Å². The molecule has 7 heteroatoms.